The SMILES string of the molecule is CC(C)COc1ccc(C(C)(C)C)cc1C1CCNCC1.Cl. The van der Waals surface area contributed by atoms with Gasteiger partial charge in [-0.1, -0.05) is 46.8 Å². The monoisotopic (exact) mass is 325 g/mol. The maximum atomic E-state index is 6.10. The molecule has 0 unspecified atom stereocenters. The molecule has 126 valence electrons. The van der Waals surface area contributed by atoms with Crippen LogP contribution in [-0.2, 0) is 5.41 Å². The first-order valence-corrected chi connectivity index (χ1v) is 8.36. The highest BCUT2D eigenvalue weighted by Crippen LogP contribution is 2.36. The van der Waals surface area contributed by atoms with Gasteiger partial charge in [-0.3, -0.25) is 0 Å². The number of hydrogen-bond donors (Lipinski definition) is 1. The molecule has 1 saturated heterocycles. The van der Waals surface area contributed by atoms with Gasteiger partial charge in [-0.25, -0.2) is 0 Å². The summed E-state index contributed by atoms with van der Waals surface area (Å²) < 4.78 is 6.10. The number of hydrogen-bond acceptors (Lipinski definition) is 2. The molecule has 0 aromatic heterocycles. The summed E-state index contributed by atoms with van der Waals surface area (Å²) in [5, 5.41) is 3.46. The quantitative estimate of drug-likeness (QED) is 0.849. The lowest BCUT2D eigenvalue weighted by Crippen LogP contribution is -2.27. The normalized spacial score (nSPS) is 16.5. The molecule has 1 aliphatic heterocycles. The molecule has 0 spiro atoms. The van der Waals surface area contributed by atoms with E-state index >= 15 is 0 Å². The van der Waals surface area contributed by atoms with Crippen LogP contribution in [0.5, 0.6) is 5.75 Å². The molecular formula is C19H32ClNO. The zero-order chi connectivity index (χ0) is 15.5. The number of rotatable bonds is 4. The molecule has 1 aromatic carbocycles. The Morgan fingerprint density at radius 2 is 1.82 bits per heavy atom. The van der Waals surface area contributed by atoms with Gasteiger partial charge in [0.25, 0.3) is 0 Å². The van der Waals surface area contributed by atoms with Crippen LogP contribution in [0.3, 0.4) is 0 Å². The van der Waals surface area contributed by atoms with E-state index in [2.05, 4.69) is 58.1 Å². The molecule has 1 aliphatic rings. The van der Waals surface area contributed by atoms with Crippen LogP contribution < -0.4 is 10.1 Å². The number of halogens is 1. The van der Waals surface area contributed by atoms with Gasteiger partial charge in [0.2, 0.25) is 0 Å². The highest BCUT2D eigenvalue weighted by Gasteiger charge is 2.22. The van der Waals surface area contributed by atoms with Crippen LogP contribution in [0.25, 0.3) is 0 Å². The van der Waals surface area contributed by atoms with Crippen LogP contribution in [0.1, 0.15) is 64.5 Å². The summed E-state index contributed by atoms with van der Waals surface area (Å²) in [6.07, 6.45) is 2.43. The second-order valence-electron chi connectivity index (χ2n) is 7.73. The molecule has 0 saturated carbocycles. The van der Waals surface area contributed by atoms with E-state index in [-0.39, 0.29) is 17.8 Å². The third-order valence-electron chi connectivity index (χ3n) is 4.23. The van der Waals surface area contributed by atoms with Gasteiger partial charge >= 0.3 is 0 Å². The number of benzene rings is 1. The van der Waals surface area contributed by atoms with Crippen LogP contribution in [0, 0.1) is 5.92 Å². The van der Waals surface area contributed by atoms with Gasteiger partial charge in [0, 0.05) is 0 Å². The molecule has 22 heavy (non-hydrogen) atoms. The molecule has 0 radical (unpaired) electrons. The second-order valence-corrected chi connectivity index (χ2v) is 7.73. The van der Waals surface area contributed by atoms with Crippen LogP contribution >= 0.6 is 12.4 Å². The van der Waals surface area contributed by atoms with Crippen molar-refractivity contribution in [3.05, 3.63) is 29.3 Å². The van der Waals surface area contributed by atoms with Crippen LogP contribution in [0.2, 0.25) is 0 Å². The Kier molecular flexibility index (Phi) is 7.21. The summed E-state index contributed by atoms with van der Waals surface area (Å²) >= 11 is 0. The zero-order valence-electron chi connectivity index (χ0n) is 14.7. The molecule has 2 rings (SSSR count). The molecular weight excluding hydrogens is 294 g/mol. The van der Waals surface area contributed by atoms with Gasteiger partial charge in [0.1, 0.15) is 5.75 Å². The average Bonchev–Trinajstić information content (AvgIpc) is 2.45. The van der Waals surface area contributed by atoms with Crippen molar-refractivity contribution in [2.24, 2.45) is 5.92 Å². The van der Waals surface area contributed by atoms with E-state index < -0.39 is 0 Å². The van der Waals surface area contributed by atoms with Crippen molar-refractivity contribution >= 4 is 12.4 Å². The first-order valence-electron chi connectivity index (χ1n) is 8.36. The Morgan fingerprint density at radius 3 is 2.36 bits per heavy atom. The van der Waals surface area contributed by atoms with Crippen molar-refractivity contribution in [2.45, 2.75) is 58.8 Å². The Bertz CT molecular complexity index is 459. The van der Waals surface area contributed by atoms with Crippen molar-refractivity contribution in [3.8, 4) is 5.75 Å². The number of ether oxygens (including phenoxy) is 1. The van der Waals surface area contributed by atoms with Crippen molar-refractivity contribution in [1.29, 1.82) is 0 Å². The van der Waals surface area contributed by atoms with Crippen molar-refractivity contribution < 1.29 is 4.74 Å². The van der Waals surface area contributed by atoms with E-state index in [1.807, 2.05) is 0 Å². The highest BCUT2D eigenvalue weighted by atomic mass is 35.5. The molecule has 0 amide bonds. The van der Waals surface area contributed by atoms with E-state index in [1.165, 1.54) is 24.0 Å². The Balaban J connectivity index is 0.00000242. The predicted octanol–water partition coefficient (Wildman–Crippen LogP) is 4.91. The van der Waals surface area contributed by atoms with Gasteiger partial charge in [-0.2, -0.15) is 0 Å². The second kappa shape index (κ2) is 8.21. The fraction of sp³-hybridized carbons (Fsp3) is 0.684. The summed E-state index contributed by atoms with van der Waals surface area (Å²) in [5.41, 5.74) is 3.02. The van der Waals surface area contributed by atoms with E-state index in [1.54, 1.807) is 0 Å². The largest absolute Gasteiger partial charge is 0.493 e. The van der Waals surface area contributed by atoms with Crippen molar-refractivity contribution in [3.63, 3.8) is 0 Å². The summed E-state index contributed by atoms with van der Waals surface area (Å²) in [6, 6.07) is 6.83. The van der Waals surface area contributed by atoms with Crippen LogP contribution in [-0.4, -0.2) is 19.7 Å². The lowest BCUT2D eigenvalue weighted by Gasteiger charge is -2.28. The Hall–Kier alpha value is -0.730. The van der Waals surface area contributed by atoms with Gasteiger partial charge in [0.15, 0.2) is 0 Å². The average molecular weight is 326 g/mol. The summed E-state index contributed by atoms with van der Waals surface area (Å²) in [5.74, 6) is 2.30. The first kappa shape index (κ1) is 19.3. The maximum absolute atomic E-state index is 6.10. The van der Waals surface area contributed by atoms with Crippen molar-refractivity contribution in [2.75, 3.05) is 19.7 Å². The molecule has 1 aromatic rings. The lowest BCUT2D eigenvalue weighted by atomic mass is 9.82. The summed E-state index contributed by atoms with van der Waals surface area (Å²) in [4.78, 5) is 0. The topological polar surface area (TPSA) is 21.3 Å². The van der Waals surface area contributed by atoms with Gasteiger partial charge < -0.3 is 10.1 Å². The standard InChI is InChI=1S/C19H31NO.ClH/c1-14(2)13-21-18-7-6-16(19(3,4)5)12-17(18)15-8-10-20-11-9-15;/h6-7,12,14-15,20H,8-11,13H2,1-5H3;1H. The van der Waals surface area contributed by atoms with E-state index in [0.29, 0.717) is 11.8 Å². The molecule has 0 aliphatic carbocycles. The molecule has 0 atom stereocenters. The summed E-state index contributed by atoms with van der Waals surface area (Å²) in [6.45, 7) is 14.3. The van der Waals surface area contributed by atoms with Crippen LogP contribution in [0.4, 0.5) is 0 Å². The van der Waals surface area contributed by atoms with E-state index in [9.17, 15) is 0 Å². The minimum Gasteiger partial charge on any atom is -0.493 e. The Morgan fingerprint density at radius 1 is 1.18 bits per heavy atom. The third-order valence-corrected chi connectivity index (χ3v) is 4.23. The predicted molar refractivity (Wildman–Crippen MR) is 97.6 cm³/mol. The molecule has 1 heterocycles. The smallest absolute Gasteiger partial charge is 0.122 e. The maximum Gasteiger partial charge on any atom is 0.122 e. The van der Waals surface area contributed by atoms with Gasteiger partial charge in [-0.05, 0) is 60.4 Å². The fourth-order valence-electron chi connectivity index (χ4n) is 2.85. The van der Waals surface area contributed by atoms with E-state index in [0.717, 1.165) is 25.4 Å². The lowest BCUT2D eigenvalue weighted by molar-refractivity contribution is 0.265. The minimum absolute atomic E-state index is 0. The van der Waals surface area contributed by atoms with Gasteiger partial charge in [-0.15, -0.1) is 12.4 Å². The molecule has 0 bridgehead atoms. The molecule has 3 heteroatoms. The zero-order valence-corrected chi connectivity index (χ0v) is 15.6. The van der Waals surface area contributed by atoms with Gasteiger partial charge in [0.05, 0.1) is 6.61 Å². The molecule has 1 fully saturated rings. The molecule has 1 N–H and O–H groups in total. The van der Waals surface area contributed by atoms with Crippen molar-refractivity contribution in [1.82, 2.24) is 5.32 Å². The molecule has 2 nitrogen and oxygen atoms in total. The van der Waals surface area contributed by atoms with E-state index in [4.69, 9.17) is 4.74 Å². The first-order chi connectivity index (χ1) is 9.88. The third kappa shape index (κ3) is 5.17. The number of nitrogens with one attached hydrogen (secondary N) is 1. The fourth-order valence-corrected chi connectivity index (χ4v) is 2.85. The summed E-state index contributed by atoms with van der Waals surface area (Å²) in [7, 11) is 0. The highest BCUT2D eigenvalue weighted by molar-refractivity contribution is 5.85. The van der Waals surface area contributed by atoms with Crippen LogP contribution in [0.15, 0.2) is 18.2 Å². The number of piperidine rings is 1. The minimum atomic E-state index is 0. The Labute approximate surface area is 142 Å².